The molecule has 7 heterocycles. The van der Waals surface area contributed by atoms with E-state index in [-0.39, 0.29) is 41.6 Å². The molecule has 3 fully saturated rings. The minimum Gasteiger partial charge on any atom is -0.489 e. The lowest BCUT2D eigenvalue weighted by molar-refractivity contribution is -0.136. The first kappa shape index (κ1) is 32.4. The van der Waals surface area contributed by atoms with Gasteiger partial charge in [-0.3, -0.25) is 39.1 Å². The summed E-state index contributed by atoms with van der Waals surface area (Å²) in [7, 11) is 1.71. The zero-order valence-electron chi connectivity index (χ0n) is 27.7. The van der Waals surface area contributed by atoms with Crippen LogP contribution in [0.2, 0.25) is 0 Å². The Morgan fingerprint density at radius 1 is 0.960 bits per heavy atom. The van der Waals surface area contributed by atoms with Crippen LogP contribution < -0.4 is 30.7 Å². The Kier molecular flexibility index (Phi) is 8.13. The third-order valence-corrected chi connectivity index (χ3v) is 11.0. The number of pyridine rings is 2. The van der Waals surface area contributed by atoms with Gasteiger partial charge in [-0.25, -0.2) is 4.98 Å². The molecule has 0 bridgehead atoms. The molecule has 0 spiro atoms. The highest BCUT2D eigenvalue weighted by atomic mass is 79.9. The van der Waals surface area contributed by atoms with E-state index in [1.807, 2.05) is 18.3 Å². The maximum absolute atomic E-state index is 13.5. The number of aromatic nitrogens is 2. The van der Waals surface area contributed by atoms with E-state index in [2.05, 4.69) is 53.2 Å². The van der Waals surface area contributed by atoms with E-state index in [9.17, 15) is 24.0 Å². The van der Waals surface area contributed by atoms with Crippen LogP contribution >= 0.6 is 15.9 Å². The average molecular weight is 746 g/mol. The van der Waals surface area contributed by atoms with Crippen LogP contribution in [0, 0.1) is 0 Å². The first-order valence-corrected chi connectivity index (χ1v) is 17.7. The Labute approximate surface area is 296 Å². The SMILES string of the molecule is C[C@H]1CN([C@H]2CCN3c4cc5c(cc4OC[C@H]3C2)C(=O)N(C2CCC(=O)NC2=O)C5=O)CCN1c1ccc(Nc2cc(Br)cn(C)c2=O)nc1. The van der Waals surface area contributed by atoms with Gasteiger partial charge in [0.15, 0.2) is 0 Å². The van der Waals surface area contributed by atoms with Crippen LogP contribution in [0.3, 0.4) is 0 Å². The number of fused-ring (bicyclic) bond motifs is 4. The van der Waals surface area contributed by atoms with Gasteiger partial charge in [0.2, 0.25) is 11.8 Å². The van der Waals surface area contributed by atoms with Gasteiger partial charge in [0, 0.05) is 62.4 Å². The molecule has 4 atom stereocenters. The lowest BCUT2D eigenvalue weighted by Crippen LogP contribution is -2.59. The number of benzene rings is 1. The molecule has 0 saturated carbocycles. The van der Waals surface area contributed by atoms with E-state index in [1.165, 1.54) is 4.57 Å². The fraction of sp³-hybridized carbons (Fsp3) is 0.429. The predicted molar refractivity (Wildman–Crippen MR) is 188 cm³/mol. The normalized spacial score (nSPS) is 25.1. The van der Waals surface area contributed by atoms with Gasteiger partial charge in [-0.15, -0.1) is 0 Å². The Hall–Kier alpha value is -4.76. The Balaban J connectivity index is 0.906. The highest BCUT2D eigenvalue weighted by Crippen LogP contribution is 2.42. The smallest absolute Gasteiger partial charge is 0.274 e. The minimum absolute atomic E-state index is 0.0772. The number of aryl methyl sites for hydroxylation is 1. The standard InChI is InChI=1S/C35H37BrN8O6/c1-19-16-41(9-10-42(19)22-3-5-30(37-15-22)38-26-11-20(36)17-40(2)35(26)49)21-7-8-43-23(12-21)18-50-29-14-25-24(13-28(29)43)33(47)44(34(25)48)27-4-6-31(45)39-32(27)46/h3,5,11,13-15,17,19,21,23,27H,4,6-10,12,16,18H2,1-2H3,(H,37,38)(H,39,45,46)/t19-,21-,23+,27?/m0/s1. The van der Waals surface area contributed by atoms with Crippen molar-refractivity contribution in [1.82, 2.24) is 24.7 Å². The number of ether oxygens (including phenoxy) is 1. The summed E-state index contributed by atoms with van der Waals surface area (Å²) in [4.78, 5) is 76.3. The highest BCUT2D eigenvalue weighted by molar-refractivity contribution is 9.10. The molecule has 3 aromatic rings. The molecule has 3 saturated heterocycles. The van der Waals surface area contributed by atoms with Crippen molar-refractivity contribution in [2.75, 3.05) is 47.9 Å². The fourth-order valence-corrected chi connectivity index (χ4v) is 8.61. The summed E-state index contributed by atoms with van der Waals surface area (Å²) in [5, 5.41) is 5.38. The number of rotatable bonds is 5. The van der Waals surface area contributed by atoms with Gasteiger partial charge in [0.05, 0.1) is 34.7 Å². The van der Waals surface area contributed by atoms with E-state index in [0.717, 1.165) is 59.8 Å². The van der Waals surface area contributed by atoms with Crippen LogP contribution in [0.4, 0.5) is 22.9 Å². The quantitative estimate of drug-likeness (QED) is 0.372. The molecule has 0 aliphatic carbocycles. The molecular formula is C35H37BrN8O6. The van der Waals surface area contributed by atoms with Crippen LogP contribution in [-0.2, 0) is 16.6 Å². The highest BCUT2D eigenvalue weighted by Gasteiger charge is 2.46. The molecule has 0 radical (unpaired) electrons. The van der Waals surface area contributed by atoms with Gasteiger partial charge >= 0.3 is 0 Å². The fourth-order valence-electron chi connectivity index (χ4n) is 8.08. The summed E-state index contributed by atoms with van der Waals surface area (Å²) in [5.41, 5.74) is 2.65. The number of carbonyl (C=O) groups is 4. The summed E-state index contributed by atoms with van der Waals surface area (Å²) in [5.74, 6) is -0.894. The van der Waals surface area contributed by atoms with Gasteiger partial charge in [0.25, 0.3) is 17.4 Å². The molecule has 50 heavy (non-hydrogen) atoms. The van der Waals surface area contributed by atoms with Gasteiger partial charge in [-0.2, -0.15) is 0 Å². The Morgan fingerprint density at radius 2 is 1.76 bits per heavy atom. The maximum Gasteiger partial charge on any atom is 0.274 e. The molecule has 15 heteroatoms. The zero-order valence-corrected chi connectivity index (χ0v) is 29.3. The molecule has 5 aliphatic heterocycles. The lowest BCUT2D eigenvalue weighted by Gasteiger charge is -2.50. The number of imide groups is 2. The number of anilines is 4. The van der Waals surface area contributed by atoms with Crippen LogP contribution in [-0.4, -0.2) is 99.9 Å². The van der Waals surface area contributed by atoms with Crippen LogP contribution in [0.1, 0.15) is 53.3 Å². The van der Waals surface area contributed by atoms with E-state index >= 15 is 0 Å². The summed E-state index contributed by atoms with van der Waals surface area (Å²) in [6.07, 6.45) is 5.63. The minimum atomic E-state index is -1.00. The number of nitrogens with one attached hydrogen (secondary N) is 2. The molecule has 5 aliphatic rings. The maximum atomic E-state index is 13.5. The van der Waals surface area contributed by atoms with Crippen LogP contribution in [0.5, 0.6) is 5.75 Å². The molecule has 1 aromatic carbocycles. The zero-order chi connectivity index (χ0) is 34.8. The largest absolute Gasteiger partial charge is 0.489 e. The van der Waals surface area contributed by atoms with Crippen molar-refractivity contribution in [3.63, 3.8) is 0 Å². The van der Waals surface area contributed by atoms with Crippen molar-refractivity contribution in [3.05, 3.63) is 68.7 Å². The van der Waals surface area contributed by atoms with Gasteiger partial charge in [-0.05, 0) is 72.4 Å². The van der Waals surface area contributed by atoms with Crippen LogP contribution in [0.15, 0.2) is 52.0 Å². The van der Waals surface area contributed by atoms with E-state index in [4.69, 9.17) is 4.74 Å². The number of nitrogens with zero attached hydrogens (tertiary/aromatic N) is 6. The molecule has 8 rings (SSSR count). The van der Waals surface area contributed by atoms with Crippen LogP contribution in [0.25, 0.3) is 0 Å². The van der Waals surface area contributed by atoms with Crippen molar-refractivity contribution in [1.29, 1.82) is 0 Å². The van der Waals surface area contributed by atoms with Gasteiger partial charge in [-0.1, -0.05) is 0 Å². The number of hydrogen-bond donors (Lipinski definition) is 2. The summed E-state index contributed by atoms with van der Waals surface area (Å²) in [6, 6.07) is 8.83. The van der Waals surface area contributed by atoms with Crippen molar-refractivity contribution in [2.24, 2.45) is 7.05 Å². The molecule has 260 valence electrons. The number of hydrogen-bond acceptors (Lipinski definition) is 11. The van der Waals surface area contributed by atoms with Gasteiger partial charge < -0.3 is 24.4 Å². The number of carbonyl (C=O) groups excluding carboxylic acids is 4. The van der Waals surface area contributed by atoms with Crippen molar-refractivity contribution in [3.8, 4) is 5.75 Å². The van der Waals surface area contributed by atoms with Crippen molar-refractivity contribution < 1.29 is 23.9 Å². The predicted octanol–water partition coefficient (Wildman–Crippen LogP) is 2.63. The second kappa shape index (κ2) is 12.5. The number of piperidine rings is 2. The first-order chi connectivity index (χ1) is 24.0. The Morgan fingerprint density at radius 3 is 2.50 bits per heavy atom. The number of amides is 4. The summed E-state index contributed by atoms with van der Waals surface area (Å²) < 4.78 is 8.52. The number of halogens is 1. The molecule has 2 N–H and O–H groups in total. The third-order valence-electron chi connectivity index (χ3n) is 10.6. The topological polar surface area (TPSA) is 149 Å². The summed E-state index contributed by atoms with van der Waals surface area (Å²) >= 11 is 3.44. The van der Waals surface area contributed by atoms with E-state index in [1.54, 1.807) is 31.4 Å². The number of piperazine rings is 1. The average Bonchev–Trinajstić information content (AvgIpc) is 3.34. The van der Waals surface area contributed by atoms with Crippen molar-refractivity contribution >= 4 is 62.4 Å². The molecule has 14 nitrogen and oxygen atoms in total. The third kappa shape index (κ3) is 5.61. The van der Waals surface area contributed by atoms with E-state index < -0.39 is 29.7 Å². The monoisotopic (exact) mass is 744 g/mol. The molecular weight excluding hydrogens is 708 g/mol. The second-order valence-electron chi connectivity index (χ2n) is 13.7. The Bertz CT molecular complexity index is 1980. The van der Waals surface area contributed by atoms with Gasteiger partial charge in [0.1, 0.15) is 29.9 Å². The van der Waals surface area contributed by atoms with E-state index in [0.29, 0.717) is 29.9 Å². The first-order valence-electron chi connectivity index (χ1n) is 16.9. The van der Waals surface area contributed by atoms with Crippen molar-refractivity contribution in [2.45, 2.75) is 56.8 Å². The second-order valence-corrected chi connectivity index (χ2v) is 14.6. The molecule has 4 amide bonds. The lowest BCUT2D eigenvalue weighted by atomic mass is 9.92. The summed E-state index contributed by atoms with van der Waals surface area (Å²) in [6.45, 7) is 6.18. The molecule has 2 aromatic heterocycles. The molecule has 1 unspecified atom stereocenters.